The number of halogens is 1. The summed E-state index contributed by atoms with van der Waals surface area (Å²) in [6.45, 7) is 2.46. The monoisotopic (exact) mass is 440 g/mol. The fourth-order valence-electron chi connectivity index (χ4n) is 3.99. The van der Waals surface area contributed by atoms with Gasteiger partial charge in [0.2, 0.25) is 10.0 Å². The second-order valence-corrected chi connectivity index (χ2v) is 9.54. The second-order valence-electron chi connectivity index (χ2n) is 7.65. The van der Waals surface area contributed by atoms with Gasteiger partial charge in [0.05, 0.1) is 16.6 Å². The summed E-state index contributed by atoms with van der Waals surface area (Å²) in [7, 11) is -3.81. The van der Waals surface area contributed by atoms with Gasteiger partial charge in [-0.15, -0.1) is 0 Å². The van der Waals surface area contributed by atoms with E-state index < -0.39 is 21.9 Å². The molecule has 6 nitrogen and oxygen atoms in total. The number of rotatable bonds is 6. The van der Waals surface area contributed by atoms with E-state index in [-0.39, 0.29) is 4.90 Å². The van der Waals surface area contributed by atoms with Gasteiger partial charge < -0.3 is 0 Å². The Morgan fingerprint density at radius 2 is 1.84 bits per heavy atom. The molecule has 0 N–H and O–H groups in total. The van der Waals surface area contributed by atoms with Crippen molar-refractivity contribution in [2.45, 2.75) is 50.0 Å². The number of aromatic nitrogens is 3. The molecule has 1 fully saturated rings. The van der Waals surface area contributed by atoms with E-state index in [4.69, 9.17) is 4.98 Å². The highest BCUT2D eigenvalue weighted by Gasteiger charge is 2.36. The average molecular weight is 441 g/mol. The van der Waals surface area contributed by atoms with Crippen LogP contribution in [0.2, 0.25) is 0 Å². The van der Waals surface area contributed by atoms with E-state index >= 15 is 0 Å². The Balaban J connectivity index is 1.82. The zero-order valence-corrected chi connectivity index (χ0v) is 18.2. The van der Waals surface area contributed by atoms with Crippen LogP contribution in [-0.4, -0.2) is 34.2 Å². The minimum Gasteiger partial charge on any atom is -0.265 e. The third kappa shape index (κ3) is 4.50. The van der Waals surface area contributed by atoms with Crippen molar-refractivity contribution in [3.63, 3.8) is 0 Å². The standard InChI is InChI=1S/C23H25FN4O2S/c1-2-5-22-26-16-20(17-11-13-25-14-12-17)23(27-22)21-6-3-4-15-28(21)31(29,30)19-9-7-18(24)8-10-19/h7-14,16,21H,2-6,15H2,1H3. The largest absolute Gasteiger partial charge is 0.265 e. The third-order valence-electron chi connectivity index (χ3n) is 5.52. The van der Waals surface area contributed by atoms with Gasteiger partial charge in [-0.05, 0) is 61.2 Å². The van der Waals surface area contributed by atoms with Gasteiger partial charge in [-0.3, -0.25) is 4.98 Å². The Hall–Kier alpha value is -2.71. The molecule has 1 aliphatic heterocycles. The minimum atomic E-state index is -3.81. The smallest absolute Gasteiger partial charge is 0.243 e. The summed E-state index contributed by atoms with van der Waals surface area (Å²) in [5.74, 6) is 0.245. The number of benzene rings is 1. The molecule has 1 aliphatic rings. The van der Waals surface area contributed by atoms with Gasteiger partial charge in [-0.25, -0.2) is 22.8 Å². The quantitative estimate of drug-likeness (QED) is 0.562. The molecular formula is C23H25FN4O2S. The lowest BCUT2D eigenvalue weighted by Gasteiger charge is -2.35. The van der Waals surface area contributed by atoms with E-state index in [1.807, 2.05) is 12.1 Å². The summed E-state index contributed by atoms with van der Waals surface area (Å²) in [4.78, 5) is 13.5. The molecule has 0 spiro atoms. The first-order valence-electron chi connectivity index (χ1n) is 10.5. The third-order valence-corrected chi connectivity index (χ3v) is 7.45. The van der Waals surface area contributed by atoms with Gasteiger partial charge in [-0.2, -0.15) is 4.31 Å². The molecule has 4 rings (SSSR count). The molecule has 0 aliphatic carbocycles. The van der Waals surface area contributed by atoms with Gasteiger partial charge >= 0.3 is 0 Å². The van der Waals surface area contributed by atoms with E-state index in [0.29, 0.717) is 18.8 Å². The highest BCUT2D eigenvalue weighted by molar-refractivity contribution is 7.89. The van der Waals surface area contributed by atoms with Crippen molar-refractivity contribution < 1.29 is 12.8 Å². The summed E-state index contributed by atoms with van der Waals surface area (Å²) in [6, 6.07) is 8.35. The minimum absolute atomic E-state index is 0.0918. The lowest BCUT2D eigenvalue weighted by Crippen LogP contribution is -2.39. The Morgan fingerprint density at radius 3 is 2.55 bits per heavy atom. The van der Waals surface area contributed by atoms with Crippen LogP contribution in [0.4, 0.5) is 4.39 Å². The molecule has 0 saturated carbocycles. The Morgan fingerprint density at radius 1 is 1.10 bits per heavy atom. The maximum atomic E-state index is 13.5. The van der Waals surface area contributed by atoms with Gasteiger partial charge in [0.1, 0.15) is 11.6 Å². The van der Waals surface area contributed by atoms with Crippen molar-refractivity contribution in [3.05, 3.63) is 72.3 Å². The van der Waals surface area contributed by atoms with Crippen LogP contribution in [0.25, 0.3) is 11.1 Å². The number of hydrogen-bond donors (Lipinski definition) is 0. The average Bonchev–Trinajstić information content (AvgIpc) is 2.80. The summed E-state index contributed by atoms with van der Waals surface area (Å²) in [5.41, 5.74) is 2.43. The predicted molar refractivity (Wildman–Crippen MR) is 116 cm³/mol. The zero-order valence-electron chi connectivity index (χ0n) is 17.4. The van der Waals surface area contributed by atoms with Crippen LogP contribution in [0.3, 0.4) is 0 Å². The van der Waals surface area contributed by atoms with Crippen LogP contribution < -0.4 is 0 Å². The number of nitrogens with zero attached hydrogens (tertiary/aromatic N) is 4. The molecule has 8 heteroatoms. The van der Waals surface area contributed by atoms with Crippen LogP contribution in [0.5, 0.6) is 0 Å². The number of piperidine rings is 1. The Kier molecular flexibility index (Phi) is 6.38. The van der Waals surface area contributed by atoms with E-state index in [1.165, 1.54) is 28.6 Å². The fraction of sp³-hybridized carbons (Fsp3) is 0.348. The zero-order chi connectivity index (χ0) is 21.8. The molecule has 31 heavy (non-hydrogen) atoms. The van der Waals surface area contributed by atoms with E-state index in [2.05, 4.69) is 16.9 Å². The van der Waals surface area contributed by atoms with E-state index in [9.17, 15) is 12.8 Å². The maximum Gasteiger partial charge on any atom is 0.243 e. The molecule has 3 aromatic rings. The summed E-state index contributed by atoms with van der Waals surface area (Å²) >= 11 is 0. The molecule has 0 radical (unpaired) electrons. The van der Waals surface area contributed by atoms with E-state index in [0.717, 1.165) is 42.5 Å². The topological polar surface area (TPSA) is 76.1 Å². The summed E-state index contributed by atoms with van der Waals surface area (Å²) < 4.78 is 41.9. The van der Waals surface area contributed by atoms with Crippen LogP contribution >= 0.6 is 0 Å². The molecule has 2 aromatic heterocycles. The van der Waals surface area contributed by atoms with Crippen molar-refractivity contribution in [3.8, 4) is 11.1 Å². The first-order valence-corrected chi connectivity index (χ1v) is 12.0. The van der Waals surface area contributed by atoms with E-state index in [1.54, 1.807) is 18.6 Å². The molecule has 0 amide bonds. The molecule has 1 atom stereocenters. The van der Waals surface area contributed by atoms with Gasteiger partial charge in [0.25, 0.3) is 0 Å². The SMILES string of the molecule is CCCc1ncc(-c2ccncc2)c(C2CCCCN2S(=O)(=O)c2ccc(F)cc2)n1. The second kappa shape index (κ2) is 9.20. The molecule has 1 unspecified atom stereocenters. The highest BCUT2D eigenvalue weighted by atomic mass is 32.2. The highest BCUT2D eigenvalue weighted by Crippen LogP contribution is 2.38. The van der Waals surface area contributed by atoms with Gasteiger partial charge in [-0.1, -0.05) is 13.3 Å². The van der Waals surface area contributed by atoms with Crippen LogP contribution in [-0.2, 0) is 16.4 Å². The first kappa shape index (κ1) is 21.5. The lowest BCUT2D eigenvalue weighted by atomic mass is 9.96. The van der Waals surface area contributed by atoms with Gasteiger partial charge in [0.15, 0.2) is 0 Å². The number of hydrogen-bond acceptors (Lipinski definition) is 5. The van der Waals surface area contributed by atoms with Crippen molar-refractivity contribution in [2.24, 2.45) is 0 Å². The van der Waals surface area contributed by atoms with Crippen molar-refractivity contribution in [1.82, 2.24) is 19.3 Å². The lowest BCUT2D eigenvalue weighted by molar-refractivity contribution is 0.251. The maximum absolute atomic E-state index is 13.5. The molecule has 3 heterocycles. The van der Waals surface area contributed by atoms with Crippen molar-refractivity contribution in [2.75, 3.05) is 6.54 Å². The van der Waals surface area contributed by atoms with Crippen LogP contribution in [0, 0.1) is 5.82 Å². The number of pyridine rings is 1. The molecule has 162 valence electrons. The molecular weight excluding hydrogens is 415 g/mol. The van der Waals surface area contributed by atoms with Gasteiger partial charge in [0, 0.05) is 37.1 Å². The Labute approximate surface area is 182 Å². The van der Waals surface area contributed by atoms with Crippen LogP contribution in [0.1, 0.15) is 50.2 Å². The van der Waals surface area contributed by atoms with Crippen molar-refractivity contribution in [1.29, 1.82) is 0 Å². The number of aryl methyl sites for hydroxylation is 1. The first-order chi connectivity index (χ1) is 15.0. The number of sulfonamides is 1. The van der Waals surface area contributed by atoms with Crippen molar-refractivity contribution >= 4 is 10.0 Å². The normalized spacial score (nSPS) is 17.5. The van der Waals surface area contributed by atoms with Crippen LogP contribution in [0.15, 0.2) is 59.9 Å². The molecule has 1 saturated heterocycles. The molecule has 0 bridgehead atoms. The summed E-state index contributed by atoms with van der Waals surface area (Å²) in [5, 5.41) is 0. The summed E-state index contributed by atoms with van der Waals surface area (Å²) in [6.07, 6.45) is 9.16. The fourth-order valence-corrected chi connectivity index (χ4v) is 5.65. The predicted octanol–water partition coefficient (Wildman–Crippen LogP) is 4.55. The Bertz CT molecular complexity index is 1140. The molecule has 1 aromatic carbocycles.